The first-order chi connectivity index (χ1) is 21.2. The molecule has 0 heterocycles. The number of para-hydroxylation sites is 2. The zero-order chi connectivity index (χ0) is 29.3. The van der Waals surface area contributed by atoms with Gasteiger partial charge in [-0.15, -0.1) is 0 Å². The summed E-state index contributed by atoms with van der Waals surface area (Å²) < 4.78 is 0. The van der Waals surface area contributed by atoms with Crippen molar-refractivity contribution in [3.8, 4) is 11.1 Å². The lowest BCUT2D eigenvalue weighted by molar-refractivity contribution is 1.27. The van der Waals surface area contributed by atoms with E-state index in [9.17, 15) is 0 Å². The summed E-state index contributed by atoms with van der Waals surface area (Å²) in [7, 11) is 0. The van der Waals surface area contributed by atoms with E-state index < -0.39 is 0 Å². The Labute approximate surface area is 255 Å². The number of anilines is 3. The standard InChI is InChI=1S/C42H35N/c1-33-17-23-36(24-18-33)37(25-19-34-11-5-2-6-12-34)26-20-35-21-27-38(28-22-35)39-29-31-42(32-30-39)43(40-13-7-3-8-14-40)41-15-9-4-10-16-41/h2-18,20-32H,19H2,1H3/b26-20-,37-25+. The molecule has 208 valence electrons. The molecule has 0 amide bonds. The molecule has 0 saturated heterocycles. The number of rotatable bonds is 9. The van der Waals surface area contributed by atoms with Crippen molar-refractivity contribution in [3.63, 3.8) is 0 Å². The van der Waals surface area contributed by atoms with Gasteiger partial charge in [-0.3, -0.25) is 0 Å². The molecule has 1 nitrogen and oxygen atoms in total. The highest BCUT2D eigenvalue weighted by Crippen LogP contribution is 2.35. The molecule has 0 fully saturated rings. The zero-order valence-electron chi connectivity index (χ0n) is 24.5. The van der Waals surface area contributed by atoms with Crippen molar-refractivity contribution in [2.24, 2.45) is 0 Å². The minimum absolute atomic E-state index is 0.898. The van der Waals surface area contributed by atoms with Crippen LogP contribution in [-0.2, 0) is 6.42 Å². The van der Waals surface area contributed by atoms with E-state index >= 15 is 0 Å². The van der Waals surface area contributed by atoms with E-state index in [-0.39, 0.29) is 0 Å². The smallest absolute Gasteiger partial charge is 0.0462 e. The largest absolute Gasteiger partial charge is 0.311 e. The second-order valence-corrected chi connectivity index (χ2v) is 10.7. The van der Waals surface area contributed by atoms with E-state index in [2.05, 4.69) is 194 Å². The van der Waals surface area contributed by atoms with Crippen molar-refractivity contribution in [2.75, 3.05) is 4.90 Å². The predicted octanol–water partition coefficient (Wildman–Crippen LogP) is 11.5. The molecule has 0 unspecified atom stereocenters. The van der Waals surface area contributed by atoms with Crippen molar-refractivity contribution in [1.82, 2.24) is 0 Å². The van der Waals surface area contributed by atoms with Gasteiger partial charge in [-0.05, 0) is 83.1 Å². The van der Waals surface area contributed by atoms with Crippen molar-refractivity contribution in [3.05, 3.63) is 198 Å². The van der Waals surface area contributed by atoms with Crippen LogP contribution in [0.1, 0.15) is 22.3 Å². The Kier molecular flexibility index (Phi) is 8.72. The van der Waals surface area contributed by atoms with E-state index in [4.69, 9.17) is 0 Å². The van der Waals surface area contributed by atoms with Crippen molar-refractivity contribution >= 4 is 28.7 Å². The van der Waals surface area contributed by atoms with Gasteiger partial charge >= 0.3 is 0 Å². The summed E-state index contributed by atoms with van der Waals surface area (Å²) in [6.45, 7) is 2.13. The third-order valence-corrected chi connectivity index (χ3v) is 7.64. The number of aryl methyl sites for hydroxylation is 1. The summed E-state index contributed by atoms with van der Waals surface area (Å²) in [6, 6.07) is 58.1. The quantitative estimate of drug-likeness (QED) is 0.161. The first kappa shape index (κ1) is 27.8. The van der Waals surface area contributed by atoms with Gasteiger partial charge in [0.25, 0.3) is 0 Å². The van der Waals surface area contributed by atoms with Gasteiger partial charge in [0.05, 0.1) is 0 Å². The fourth-order valence-corrected chi connectivity index (χ4v) is 5.25. The van der Waals surface area contributed by atoms with Crippen LogP contribution >= 0.6 is 0 Å². The Hall–Kier alpha value is -5.40. The predicted molar refractivity (Wildman–Crippen MR) is 185 cm³/mol. The van der Waals surface area contributed by atoms with E-state index in [0.29, 0.717) is 0 Å². The fourth-order valence-electron chi connectivity index (χ4n) is 5.25. The van der Waals surface area contributed by atoms with Crippen LogP contribution in [0.25, 0.3) is 22.8 Å². The maximum Gasteiger partial charge on any atom is 0.0462 e. The molecule has 0 aliphatic heterocycles. The first-order valence-corrected chi connectivity index (χ1v) is 14.8. The van der Waals surface area contributed by atoms with Crippen LogP contribution in [0.15, 0.2) is 176 Å². The molecule has 0 aliphatic rings. The van der Waals surface area contributed by atoms with Gasteiger partial charge in [0.2, 0.25) is 0 Å². The second-order valence-electron chi connectivity index (χ2n) is 10.7. The molecule has 6 rings (SSSR count). The first-order valence-electron chi connectivity index (χ1n) is 14.8. The van der Waals surface area contributed by atoms with Crippen LogP contribution in [0.3, 0.4) is 0 Å². The number of benzene rings is 6. The highest BCUT2D eigenvalue weighted by molar-refractivity contribution is 5.80. The second kappa shape index (κ2) is 13.5. The molecule has 0 spiro atoms. The molecule has 6 aromatic rings. The molecule has 43 heavy (non-hydrogen) atoms. The van der Waals surface area contributed by atoms with Gasteiger partial charge in [0.1, 0.15) is 0 Å². The molecule has 0 aliphatic carbocycles. The van der Waals surface area contributed by atoms with Gasteiger partial charge < -0.3 is 4.90 Å². The molecular weight excluding hydrogens is 518 g/mol. The summed E-state index contributed by atoms with van der Waals surface area (Å²) >= 11 is 0. The van der Waals surface area contributed by atoms with Gasteiger partial charge in [-0.1, -0.05) is 151 Å². The van der Waals surface area contributed by atoms with E-state index in [1.165, 1.54) is 39.0 Å². The Morgan fingerprint density at radius 3 is 1.56 bits per heavy atom. The lowest BCUT2D eigenvalue weighted by Gasteiger charge is -2.25. The van der Waals surface area contributed by atoms with E-state index in [1.807, 2.05) is 0 Å². The molecule has 0 atom stereocenters. The molecule has 0 saturated carbocycles. The maximum absolute atomic E-state index is 2.32. The number of hydrogen-bond acceptors (Lipinski definition) is 1. The summed E-state index contributed by atoms with van der Waals surface area (Å²) in [5, 5.41) is 0. The van der Waals surface area contributed by atoms with Crippen LogP contribution in [0.2, 0.25) is 0 Å². The average Bonchev–Trinajstić information content (AvgIpc) is 3.08. The van der Waals surface area contributed by atoms with Crippen LogP contribution in [-0.4, -0.2) is 0 Å². The van der Waals surface area contributed by atoms with Crippen molar-refractivity contribution < 1.29 is 0 Å². The molecule has 0 radical (unpaired) electrons. The van der Waals surface area contributed by atoms with Gasteiger partial charge in [0, 0.05) is 17.1 Å². The van der Waals surface area contributed by atoms with Gasteiger partial charge in [-0.25, -0.2) is 0 Å². The molecule has 0 aromatic heterocycles. The summed E-state index contributed by atoms with van der Waals surface area (Å²) in [6.07, 6.45) is 7.66. The normalized spacial score (nSPS) is 11.5. The highest BCUT2D eigenvalue weighted by atomic mass is 15.1. The van der Waals surface area contributed by atoms with Crippen molar-refractivity contribution in [2.45, 2.75) is 13.3 Å². The van der Waals surface area contributed by atoms with Gasteiger partial charge in [0.15, 0.2) is 0 Å². The topological polar surface area (TPSA) is 3.24 Å². The monoisotopic (exact) mass is 553 g/mol. The summed E-state index contributed by atoms with van der Waals surface area (Å²) in [5.41, 5.74) is 12.0. The third kappa shape index (κ3) is 7.09. The Morgan fingerprint density at radius 2 is 1.00 bits per heavy atom. The maximum atomic E-state index is 2.32. The number of allylic oxidation sites excluding steroid dienone is 3. The average molecular weight is 554 g/mol. The molecule has 0 bridgehead atoms. The minimum Gasteiger partial charge on any atom is -0.311 e. The van der Waals surface area contributed by atoms with Crippen molar-refractivity contribution in [1.29, 1.82) is 0 Å². The van der Waals surface area contributed by atoms with Crippen LogP contribution in [0.4, 0.5) is 17.1 Å². The molecule has 0 N–H and O–H groups in total. The van der Waals surface area contributed by atoms with Crippen LogP contribution < -0.4 is 4.90 Å². The third-order valence-electron chi connectivity index (χ3n) is 7.64. The lowest BCUT2D eigenvalue weighted by atomic mass is 9.99. The molecular formula is C42H35N. The number of hydrogen-bond donors (Lipinski definition) is 0. The lowest BCUT2D eigenvalue weighted by Crippen LogP contribution is -2.09. The van der Waals surface area contributed by atoms with E-state index in [1.54, 1.807) is 0 Å². The van der Waals surface area contributed by atoms with Crippen LogP contribution in [0, 0.1) is 6.92 Å². The molecule has 6 aromatic carbocycles. The Balaban J connectivity index is 1.21. The Bertz CT molecular complexity index is 1740. The summed E-state index contributed by atoms with van der Waals surface area (Å²) in [4.78, 5) is 2.29. The fraction of sp³-hybridized carbons (Fsp3) is 0.0476. The summed E-state index contributed by atoms with van der Waals surface area (Å²) in [5.74, 6) is 0. The molecule has 1 heteroatoms. The highest BCUT2D eigenvalue weighted by Gasteiger charge is 2.12. The van der Waals surface area contributed by atoms with E-state index in [0.717, 1.165) is 23.5 Å². The minimum atomic E-state index is 0.898. The zero-order valence-corrected chi connectivity index (χ0v) is 24.5. The number of nitrogens with zero attached hydrogens (tertiary/aromatic N) is 1. The van der Waals surface area contributed by atoms with Gasteiger partial charge in [-0.2, -0.15) is 0 Å². The van der Waals surface area contributed by atoms with Crippen LogP contribution in [0.5, 0.6) is 0 Å². The SMILES string of the molecule is Cc1ccc(C(/C=C\c2ccc(-c3ccc(N(c4ccccc4)c4ccccc4)cc3)cc2)=C/Cc2ccccc2)cc1. The Morgan fingerprint density at radius 1 is 0.512 bits per heavy atom.